The van der Waals surface area contributed by atoms with Crippen molar-refractivity contribution in [2.75, 3.05) is 6.54 Å². The fourth-order valence-corrected chi connectivity index (χ4v) is 3.01. The van der Waals surface area contributed by atoms with E-state index in [1.54, 1.807) is 19.1 Å². The minimum Gasteiger partial charge on any atom is -0.336 e. The Morgan fingerprint density at radius 1 is 1.33 bits per heavy atom. The monoisotopic (exact) mass is 291 g/mol. The molecule has 0 aromatic heterocycles. The Morgan fingerprint density at radius 2 is 2.00 bits per heavy atom. The van der Waals surface area contributed by atoms with E-state index in [1.165, 1.54) is 18.9 Å². The van der Waals surface area contributed by atoms with Crippen molar-refractivity contribution >= 4 is 5.91 Å². The van der Waals surface area contributed by atoms with Crippen molar-refractivity contribution in [1.82, 2.24) is 4.90 Å². The maximum atomic E-state index is 13.4. The van der Waals surface area contributed by atoms with Crippen LogP contribution in [0.3, 0.4) is 0 Å². The van der Waals surface area contributed by atoms with Gasteiger partial charge in [-0.15, -0.1) is 0 Å². The first-order chi connectivity index (χ1) is 9.99. The summed E-state index contributed by atoms with van der Waals surface area (Å²) in [5.74, 6) is 0.392. The number of benzene rings is 1. The van der Waals surface area contributed by atoms with Crippen LogP contribution in [-0.2, 0) is 0 Å². The van der Waals surface area contributed by atoms with E-state index >= 15 is 0 Å². The average Bonchev–Trinajstić information content (AvgIpc) is 2.95. The van der Waals surface area contributed by atoms with Crippen LogP contribution in [0.2, 0.25) is 0 Å². The van der Waals surface area contributed by atoms with E-state index in [9.17, 15) is 9.18 Å². The minimum absolute atomic E-state index is 0.0608. The van der Waals surface area contributed by atoms with E-state index in [0.717, 1.165) is 25.8 Å². The maximum Gasteiger partial charge on any atom is 0.254 e. The molecule has 1 aromatic carbocycles. The number of carbonyl (C=O) groups excluding carboxylic acids is 1. The number of hydrogen-bond acceptors (Lipinski definition) is 1. The van der Waals surface area contributed by atoms with Crippen LogP contribution in [0, 0.1) is 18.7 Å². The summed E-state index contributed by atoms with van der Waals surface area (Å²) < 4.78 is 13.4. The van der Waals surface area contributed by atoms with Crippen LogP contribution >= 0.6 is 0 Å². The summed E-state index contributed by atoms with van der Waals surface area (Å²) in [6, 6.07) is 5.05. The Balaban J connectivity index is 2.17. The van der Waals surface area contributed by atoms with E-state index in [4.69, 9.17) is 0 Å². The third-order valence-electron chi connectivity index (χ3n) is 4.38. The molecule has 0 saturated heterocycles. The summed E-state index contributed by atoms with van der Waals surface area (Å²) in [5, 5.41) is 0. The van der Waals surface area contributed by atoms with Gasteiger partial charge in [-0.05, 0) is 55.9 Å². The molecular formula is C18H26FNO. The van der Waals surface area contributed by atoms with Crippen molar-refractivity contribution in [2.24, 2.45) is 5.92 Å². The van der Waals surface area contributed by atoms with Gasteiger partial charge < -0.3 is 4.90 Å². The highest BCUT2D eigenvalue weighted by Crippen LogP contribution is 2.26. The van der Waals surface area contributed by atoms with Crippen LogP contribution < -0.4 is 0 Å². The van der Waals surface area contributed by atoms with Crippen molar-refractivity contribution in [3.05, 3.63) is 35.1 Å². The lowest BCUT2D eigenvalue weighted by atomic mass is 10.1. The zero-order chi connectivity index (χ0) is 15.4. The first kappa shape index (κ1) is 16.0. The van der Waals surface area contributed by atoms with Gasteiger partial charge in [0.15, 0.2) is 0 Å². The summed E-state index contributed by atoms with van der Waals surface area (Å²) in [5.41, 5.74) is 1.15. The van der Waals surface area contributed by atoms with Gasteiger partial charge in [0.25, 0.3) is 5.91 Å². The maximum absolute atomic E-state index is 13.4. The molecule has 116 valence electrons. The number of amides is 1. The van der Waals surface area contributed by atoms with Gasteiger partial charge in [0.1, 0.15) is 5.82 Å². The topological polar surface area (TPSA) is 20.3 Å². The van der Waals surface area contributed by atoms with Crippen molar-refractivity contribution in [3.8, 4) is 0 Å². The van der Waals surface area contributed by atoms with E-state index in [2.05, 4.69) is 13.8 Å². The lowest BCUT2D eigenvalue weighted by Crippen LogP contribution is -2.40. The molecule has 1 saturated carbocycles. The molecule has 2 rings (SSSR count). The van der Waals surface area contributed by atoms with E-state index < -0.39 is 0 Å². The number of carbonyl (C=O) groups is 1. The molecule has 1 amide bonds. The molecule has 0 atom stereocenters. The molecule has 0 radical (unpaired) electrons. The molecular weight excluding hydrogens is 265 g/mol. The van der Waals surface area contributed by atoms with E-state index in [1.807, 2.05) is 4.90 Å². The van der Waals surface area contributed by atoms with Crippen molar-refractivity contribution in [1.29, 1.82) is 0 Å². The first-order valence-corrected chi connectivity index (χ1v) is 8.06. The van der Waals surface area contributed by atoms with Crippen molar-refractivity contribution in [3.63, 3.8) is 0 Å². The Morgan fingerprint density at radius 3 is 2.57 bits per heavy atom. The molecule has 0 unspecified atom stereocenters. The number of hydrogen-bond donors (Lipinski definition) is 0. The van der Waals surface area contributed by atoms with Crippen LogP contribution in [0.1, 0.15) is 61.9 Å². The number of nitrogens with zero attached hydrogens (tertiary/aromatic N) is 1. The summed E-state index contributed by atoms with van der Waals surface area (Å²) >= 11 is 0. The van der Waals surface area contributed by atoms with Gasteiger partial charge >= 0.3 is 0 Å². The summed E-state index contributed by atoms with van der Waals surface area (Å²) in [7, 11) is 0. The SMILES string of the molecule is Cc1cc(C(=O)N(CCC(C)C)C2CCCC2)ccc1F. The lowest BCUT2D eigenvalue weighted by molar-refractivity contribution is 0.0671. The molecule has 0 bridgehead atoms. The van der Waals surface area contributed by atoms with Crippen LogP contribution in [0.25, 0.3) is 0 Å². The molecule has 0 N–H and O–H groups in total. The zero-order valence-electron chi connectivity index (χ0n) is 13.4. The molecule has 21 heavy (non-hydrogen) atoms. The second-order valence-corrected chi connectivity index (χ2v) is 6.58. The predicted molar refractivity (Wildman–Crippen MR) is 83.9 cm³/mol. The van der Waals surface area contributed by atoms with Gasteiger partial charge in [0.2, 0.25) is 0 Å². The largest absolute Gasteiger partial charge is 0.336 e. The van der Waals surface area contributed by atoms with Crippen LogP contribution in [-0.4, -0.2) is 23.4 Å². The highest BCUT2D eigenvalue weighted by Gasteiger charge is 2.27. The molecule has 0 aliphatic heterocycles. The van der Waals surface area contributed by atoms with Crippen molar-refractivity contribution < 1.29 is 9.18 Å². The van der Waals surface area contributed by atoms with Crippen LogP contribution in [0.15, 0.2) is 18.2 Å². The lowest BCUT2D eigenvalue weighted by Gasteiger charge is -2.30. The third kappa shape index (κ3) is 4.05. The highest BCUT2D eigenvalue weighted by molar-refractivity contribution is 5.94. The van der Waals surface area contributed by atoms with Gasteiger partial charge in [-0.25, -0.2) is 4.39 Å². The van der Waals surface area contributed by atoms with Gasteiger partial charge in [0.05, 0.1) is 0 Å². The Kier molecular flexibility index (Phi) is 5.38. The van der Waals surface area contributed by atoms with E-state index in [0.29, 0.717) is 23.1 Å². The normalized spacial score (nSPS) is 15.7. The van der Waals surface area contributed by atoms with Gasteiger partial charge in [0, 0.05) is 18.2 Å². The van der Waals surface area contributed by atoms with Crippen LogP contribution in [0.4, 0.5) is 4.39 Å². The Bertz CT molecular complexity index is 492. The highest BCUT2D eigenvalue weighted by atomic mass is 19.1. The molecule has 1 aliphatic carbocycles. The van der Waals surface area contributed by atoms with Crippen molar-refractivity contribution in [2.45, 2.75) is 58.9 Å². The minimum atomic E-state index is -0.249. The van der Waals surface area contributed by atoms with Gasteiger partial charge in [-0.1, -0.05) is 26.7 Å². The third-order valence-corrected chi connectivity index (χ3v) is 4.38. The quantitative estimate of drug-likeness (QED) is 0.778. The second kappa shape index (κ2) is 7.06. The molecule has 0 heterocycles. The number of rotatable bonds is 5. The Labute approximate surface area is 127 Å². The fourth-order valence-electron chi connectivity index (χ4n) is 3.01. The number of aryl methyl sites for hydroxylation is 1. The molecule has 0 spiro atoms. The summed E-state index contributed by atoms with van der Waals surface area (Å²) in [4.78, 5) is 14.8. The molecule has 1 fully saturated rings. The van der Waals surface area contributed by atoms with Crippen LogP contribution in [0.5, 0.6) is 0 Å². The second-order valence-electron chi connectivity index (χ2n) is 6.58. The average molecular weight is 291 g/mol. The predicted octanol–water partition coefficient (Wildman–Crippen LogP) is 4.57. The first-order valence-electron chi connectivity index (χ1n) is 8.06. The van der Waals surface area contributed by atoms with E-state index in [-0.39, 0.29) is 11.7 Å². The molecule has 3 heteroatoms. The summed E-state index contributed by atoms with van der Waals surface area (Å²) in [6.07, 6.45) is 5.63. The van der Waals surface area contributed by atoms with Gasteiger partial charge in [-0.2, -0.15) is 0 Å². The summed E-state index contributed by atoms with van der Waals surface area (Å²) in [6.45, 7) is 6.87. The van der Waals surface area contributed by atoms with Gasteiger partial charge in [-0.3, -0.25) is 4.79 Å². The molecule has 2 nitrogen and oxygen atoms in total. The smallest absolute Gasteiger partial charge is 0.254 e. The Hall–Kier alpha value is -1.38. The molecule has 1 aromatic rings. The number of halogens is 1. The fraction of sp³-hybridized carbons (Fsp3) is 0.611. The molecule has 1 aliphatic rings. The zero-order valence-corrected chi connectivity index (χ0v) is 13.4. The standard InChI is InChI=1S/C18H26FNO/c1-13(2)10-11-20(16-6-4-5-7-16)18(21)15-8-9-17(19)14(3)12-15/h8-9,12-13,16H,4-7,10-11H2,1-3H3.